The van der Waals surface area contributed by atoms with E-state index in [9.17, 15) is 0 Å². The van der Waals surface area contributed by atoms with E-state index < -0.39 is 0 Å². The smallest absolute Gasteiger partial charge is 1.00 e. The van der Waals surface area contributed by atoms with Gasteiger partial charge in [-0.05, 0) is 110 Å². The van der Waals surface area contributed by atoms with Crippen molar-refractivity contribution in [3.8, 4) is 0 Å². The second-order valence-electron chi connectivity index (χ2n) is 9.96. The summed E-state index contributed by atoms with van der Waals surface area (Å²) in [6.45, 7) is 19.6. The molecule has 0 atom stereocenters. The van der Waals surface area contributed by atoms with Crippen LogP contribution >= 0.6 is 0 Å². The van der Waals surface area contributed by atoms with Gasteiger partial charge in [0.25, 0.3) is 0 Å². The molecule has 0 unspecified atom stereocenters. The predicted octanol–water partition coefficient (Wildman–Crippen LogP) is 3.05. The molecule has 0 saturated heterocycles. The van der Waals surface area contributed by atoms with E-state index in [1.165, 1.54) is 38.9 Å². The van der Waals surface area contributed by atoms with E-state index in [0.717, 1.165) is 72.7 Å². The van der Waals surface area contributed by atoms with Crippen LogP contribution in [0.3, 0.4) is 0 Å². The Morgan fingerprint density at radius 1 is 0.550 bits per heavy atom. The Hall–Kier alpha value is -1.98. The van der Waals surface area contributed by atoms with Crippen molar-refractivity contribution in [2.24, 2.45) is 9.98 Å². The van der Waals surface area contributed by atoms with Crippen LogP contribution in [0.15, 0.2) is 46.4 Å². The first kappa shape index (κ1) is 38.0. The van der Waals surface area contributed by atoms with Gasteiger partial charge in [-0.15, -0.1) is 0 Å². The minimum Gasteiger partial charge on any atom is -1.00 e. The molecule has 3 nitrogen and oxygen atoms in total. The van der Waals surface area contributed by atoms with E-state index in [4.69, 9.17) is 15.0 Å². The molecule has 0 aliphatic heterocycles. The van der Waals surface area contributed by atoms with Gasteiger partial charge in [0.1, 0.15) is 0 Å². The summed E-state index contributed by atoms with van der Waals surface area (Å²) in [5.74, 6) is 0. The summed E-state index contributed by atoms with van der Waals surface area (Å²) in [6.07, 6.45) is 5.99. The summed E-state index contributed by atoms with van der Waals surface area (Å²) in [5, 5.41) is 0. The van der Waals surface area contributed by atoms with Crippen LogP contribution in [0, 0.1) is 6.92 Å². The van der Waals surface area contributed by atoms with Gasteiger partial charge in [-0.3, -0.25) is 9.98 Å². The molecule has 40 heavy (non-hydrogen) atoms. The van der Waals surface area contributed by atoms with Gasteiger partial charge in [0.05, 0.1) is 34.2 Å². The molecular formula is C34H45Cl2CoN3. The molecule has 0 N–H and O–H groups in total. The van der Waals surface area contributed by atoms with E-state index in [1.54, 1.807) is 0 Å². The molecule has 0 saturated carbocycles. The van der Waals surface area contributed by atoms with Crippen LogP contribution in [-0.2, 0) is 55.3 Å². The summed E-state index contributed by atoms with van der Waals surface area (Å²) >= 11 is 0. The first-order valence-corrected chi connectivity index (χ1v) is 14.2. The molecule has 1 radical (unpaired) electrons. The number of aliphatic imine (C=N–C) groups is 2. The predicted molar refractivity (Wildman–Crippen MR) is 162 cm³/mol. The first-order valence-electron chi connectivity index (χ1n) is 14.2. The zero-order valence-electron chi connectivity index (χ0n) is 25.6. The third-order valence-electron chi connectivity index (χ3n) is 7.27. The first-order chi connectivity index (χ1) is 17.8. The van der Waals surface area contributed by atoms with Crippen LogP contribution in [0.5, 0.6) is 0 Å². The molecule has 6 heteroatoms. The Morgan fingerprint density at radius 2 is 0.850 bits per heavy atom. The SMILES string of the molecule is CCc1cc(CC)c(N=C(C)c2cc(C)cc(C(C)=Nc3c(CC)cc(CC)cc3CC)n2)c(CC)c1.[Cl-].[Cl-].[Co+2]. The average molecular weight is 626 g/mol. The Balaban J connectivity index is 0.00000507. The summed E-state index contributed by atoms with van der Waals surface area (Å²) in [5.41, 5.74) is 15.2. The molecule has 0 fully saturated rings. The number of pyridine rings is 1. The molecule has 3 rings (SSSR count). The molecule has 0 spiro atoms. The maximum Gasteiger partial charge on any atom is 2.00 e. The Labute approximate surface area is 265 Å². The fourth-order valence-corrected chi connectivity index (χ4v) is 4.93. The van der Waals surface area contributed by atoms with Crippen molar-refractivity contribution in [3.63, 3.8) is 0 Å². The van der Waals surface area contributed by atoms with Crippen molar-refractivity contribution < 1.29 is 41.6 Å². The van der Waals surface area contributed by atoms with Gasteiger partial charge in [0.15, 0.2) is 0 Å². The number of rotatable bonds is 10. The molecule has 3 aromatic rings. The van der Waals surface area contributed by atoms with Crippen LogP contribution < -0.4 is 24.8 Å². The average Bonchev–Trinajstić information content (AvgIpc) is 2.92. The number of aryl methyl sites for hydroxylation is 7. The number of benzene rings is 2. The Bertz CT molecular complexity index is 1180. The molecule has 0 bridgehead atoms. The maximum atomic E-state index is 5.16. The number of nitrogens with zero attached hydrogens (tertiary/aromatic N) is 3. The van der Waals surface area contributed by atoms with Crippen LogP contribution in [-0.4, -0.2) is 16.4 Å². The summed E-state index contributed by atoms with van der Waals surface area (Å²) in [7, 11) is 0. The van der Waals surface area contributed by atoms with E-state index >= 15 is 0 Å². The number of hydrogen-bond donors (Lipinski definition) is 0. The largest absolute Gasteiger partial charge is 2.00 e. The van der Waals surface area contributed by atoms with Crippen LogP contribution in [0.25, 0.3) is 0 Å². The van der Waals surface area contributed by atoms with Crippen LogP contribution in [0.2, 0.25) is 0 Å². The van der Waals surface area contributed by atoms with Crippen molar-refractivity contribution in [2.45, 2.75) is 101 Å². The van der Waals surface area contributed by atoms with Gasteiger partial charge in [0.2, 0.25) is 0 Å². The van der Waals surface area contributed by atoms with Gasteiger partial charge >= 0.3 is 16.8 Å². The molecule has 0 aliphatic rings. The number of aromatic nitrogens is 1. The molecule has 0 amide bonds. The monoisotopic (exact) mass is 624 g/mol. The minimum absolute atomic E-state index is 0. The maximum absolute atomic E-state index is 5.16. The fourth-order valence-electron chi connectivity index (χ4n) is 4.93. The van der Waals surface area contributed by atoms with E-state index in [2.05, 4.69) is 98.7 Å². The van der Waals surface area contributed by atoms with Gasteiger partial charge < -0.3 is 24.8 Å². The summed E-state index contributed by atoms with van der Waals surface area (Å²) < 4.78 is 0. The molecule has 2 aromatic carbocycles. The second kappa shape index (κ2) is 17.7. The van der Waals surface area contributed by atoms with E-state index in [-0.39, 0.29) is 41.6 Å². The zero-order chi connectivity index (χ0) is 27.1. The van der Waals surface area contributed by atoms with Crippen molar-refractivity contribution in [1.29, 1.82) is 0 Å². The molecular weight excluding hydrogens is 580 g/mol. The normalized spacial score (nSPS) is 11.4. The number of hydrogen-bond acceptors (Lipinski definition) is 3. The second-order valence-corrected chi connectivity index (χ2v) is 9.96. The van der Waals surface area contributed by atoms with Crippen molar-refractivity contribution in [2.75, 3.05) is 0 Å². The van der Waals surface area contributed by atoms with Crippen LogP contribution in [0.4, 0.5) is 11.4 Å². The quantitative estimate of drug-likeness (QED) is 0.320. The van der Waals surface area contributed by atoms with E-state index in [0.29, 0.717) is 0 Å². The van der Waals surface area contributed by atoms with Gasteiger partial charge in [0, 0.05) is 0 Å². The minimum atomic E-state index is 0. The van der Waals surface area contributed by atoms with Gasteiger partial charge in [-0.1, -0.05) is 65.8 Å². The summed E-state index contributed by atoms with van der Waals surface area (Å²) in [6, 6.07) is 13.5. The van der Waals surface area contributed by atoms with Gasteiger partial charge in [-0.2, -0.15) is 0 Å². The van der Waals surface area contributed by atoms with Crippen LogP contribution in [0.1, 0.15) is 106 Å². The summed E-state index contributed by atoms with van der Waals surface area (Å²) in [4.78, 5) is 15.4. The third kappa shape index (κ3) is 9.01. The van der Waals surface area contributed by atoms with Gasteiger partial charge in [-0.25, -0.2) is 4.98 Å². The van der Waals surface area contributed by atoms with Crippen molar-refractivity contribution >= 4 is 22.8 Å². The molecule has 1 heterocycles. The molecule has 1 aromatic heterocycles. The Morgan fingerprint density at radius 3 is 1.10 bits per heavy atom. The fraction of sp³-hybridized carbons (Fsp3) is 0.441. The molecule has 0 aliphatic carbocycles. The molecule has 219 valence electrons. The van der Waals surface area contributed by atoms with Crippen molar-refractivity contribution in [1.82, 2.24) is 4.98 Å². The Kier molecular flexibility index (Phi) is 16.9. The topological polar surface area (TPSA) is 37.6 Å². The third-order valence-corrected chi connectivity index (χ3v) is 7.27. The van der Waals surface area contributed by atoms with Crippen molar-refractivity contribution in [3.05, 3.63) is 86.7 Å². The van der Waals surface area contributed by atoms with E-state index in [1.807, 2.05) is 0 Å². The standard InChI is InChI=1S/C34H45N3.2ClH.Co/c1-10-25-18-27(12-3)33(28(13-4)19-25)35-23(8)31-16-22(7)17-32(37-31)24(9)36-34-29(14-5)20-26(11-2)21-30(34)15-6;;;/h16-21H,10-15H2,1-9H3;2*1H;/q;;;+2/p-2. The zero-order valence-corrected chi connectivity index (χ0v) is 28.2. The number of halogens is 2.